The van der Waals surface area contributed by atoms with Crippen molar-refractivity contribution in [3.8, 4) is 6.07 Å². The van der Waals surface area contributed by atoms with E-state index in [1.807, 2.05) is 13.1 Å². The number of carbonyl (C=O) groups is 1. The maximum atomic E-state index is 12.9. The molecule has 3 rings (SSSR count). The molecule has 1 aliphatic rings. The monoisotopic (exact) mass is 384 g/mol. The van der Waals surface area contributed by atoms with Crippen LogP contribution in [0.3, 0.4) is 0 Å². The van der Waals surface area contributed by atoms with Gasteiger partial charge in [-0.1, -0.05) is 12.1 Å². The molecule has 7 nitrogen and oxygen atoms in total. The van der Waals surface area contributed by atoms with E-state index in [1.165, 1.54) is 16.4 Å². The Morgan fingerprint density at radius 2 is 1.78 bits per heavy atom. The van der Waals surface area contributed by atoms with Crippen molar-refractivity contribution in [3.63, 3.8) is 0 Å². The number of sulfonamides is 1. The summed E-state index contributed by atoms with van der Waals surface area (Å²) in [5, 5.41) is 11.6. The van der Waals surface area contributed by atoms with E-state index < -0.39 is 15.9 Å². The molecule has 0 spiro atoms. The zero-order valence-corrected chi connectivity index (χ0v) is 15.7. The highest BCUT2D eigenvalue weighted by atomic mass is 32.2. The minimum Gasteiger partial charge on any atom is -0.322 e. The molecule has 2 aromatic rings. The number of hydrogen-bond donors (Lipinski definition) is 1. The molecule has 1 fully saturated rings. The van der Waals surface area contributed by atoms with Gasteiger partial charge in [0.1, 0.15) is 0 Å². The molecule has 1 amide bonds. The Labute approximate surface area is 158 Å². The van der Waals surface area contributed by atoms with Crippen LogP contribution in [0.2, 0.25) is 0 Å². The number of carbonyl (C=O) groups excluding carboxylic acids is 1. The number of anilines is 1. The molecule has 0 aliphatic carbocycles. The lowest BCUT2D eigenvalue weighted by atomic mass is 10.2. The van der Waals surface area contributed by atoms with Gasteiger partial charge in [-0.15, -0.1) is 0 Å². The average Bonchev–Trinajstić information content (AvgIpc) is 2.68. The molecule has 0 radical (unpaired) electrons. The quantitative estimate of drug-likeness (QED) is 0.867. The second-order valence-electron chi connectivity index (χ2n) is 6.38. The van der Waals surface area contributed by atoms with Crippen molar-refractivity contribution >= 4 is 21.6 Å². The van der Waals surface area contributed by atoms with E-state index in [2.05, 4.69) is 10.2 Å². The topological polar surface area (TPSA) is 93.5 Å². The second-order valence-corrected chi connectivity index (χ2v) is 8.32. The van der Waals surface area contributed by atoms with Gasteiger partial charge >= 0.3 is 0 Å². The Balaban J connectivity index is 1.80. The van der Waals surface area contributed by atoms with Gasteiger partial charge in [0, 0.05) is 37.4 Å². The van der Waals surface area contributed by atoms with Gasteiger partial charge in [0.2, 0.25) is 10.0 Å². The summed E-state index contributed by atoms with van der Waals surface area (Å²) in [6, 6.07) is 14.6. The maximum Gasteiger partial charge on any atom is 0.255 e. The molecule has 1 aliphatic heterocycles. The van der Waals surface area contributed by atoms with Crippen LogP contribution in [-0.4, -0.2) is 56.8 Å². The summed E-state index contributed by atoms with van der Waals surface area (Å²) >= 11 is 0. The largest absolute Gasteiger partial charge is 0.322 e. The molecule has 1 saturated heterocycles. The normalized spacial score (nSPS) is 15.9. The minimum atomic E-state index is -3.64. The lowest BCUT2D eigenvalue weighted by Gasteiger charge is -2.31. The van der Waals surface area contributed by atoms with E-state index in [1.54, 1.807) is 36.4 Å². The molecule has 0 aromatic heterocycles. The predicted octanol–water partition coefficient (Wildman–Crippen LogP) is 1.75. The standard InChI is InChI=1S/C19H20N4O3S/c1-22-8-10-23(11-9-22)27(25,26)18-7-3-5-16(13-18)19(24)21-17-6-2-4-15(12-17)14-20/h2-7,12-13H,8-11H2,1H3,(H,21,24). The lowest BCUT2D eigenvalue weighted by Crippen LogP contribution is -2.47. The predicted molar refractivity (Wildman–Crippen MR) is 102 cm³/mol. The highest BCUT2D eigenvalue weighted by Crippen LogP contribution is 2.19. The van der Waals surface area contributed by atoms with E-state index in [9.17, 15) is 13.2 Å². The summed E-state index contributed by atoms with van der Waals surface area (Å²) in [6.07, 6.45) is 0. The molecule has 0 saturated carbocycles. The molecule has 8 heteroatoms. The molecule has 1 N–H and O–H groups in total. The molecule has 1 heterocycles. The van der Waals surface area contributed by atoms with Crippen LogP contribution >= 0.6 is 0 Å². The molecule has 0 bridgehead atoms. The number of piperazine rings is 1. The van der Waals surface area contributed by atoms with Gasteiger partial charge in [-0.05, 0) is 43.4 Å². The van der Waals surface area contributed by atoms with Gasteiger partial charge < -0.3 is 10.2 Å². The minimum absolute atomic E-state index is 0.102. The summed E-state index contributed by atoms with van der Waals surface area (Å²) in [7, 11) is -1.69. The van der Waals surface area contributed by atoms with Gasteiger partial charge in [0.15, 0.2) is 0 Å². The van der Waals surface area contributed by atoms with Crippen LogP contribution in [0.15, 0.2) is 53.4 Å². The summed E-state index contributed by atoms with van der Waals surface area (Å²) in [5.74, 6) is -0.430. The number of nitrogens with zero attached hydrogens (tertiary/aromatic N) is 3. The molecule has 140 valence electrons. The van der Waals surface area contributed by atoms with Crippen LogP contribution in [0.1, 0.15) is 15.9 Å². The van der Waals surface area contributed by atoms with Crippen LogP contribution in [0.4, 0.5) is 5.69 Å². The summed E-state index contributed by atoms with van der Waals surface area (Å²) in [4.78, 5) is 14.7. The van der Waals surface area contributed by atoms with Crippen molar-refractivity contribution in [1.29, 1.82) is 5.26 Å². The van der Waals surface area contributed by atoms with Gasteiger partial charge in [0.05, 0.1) is 16.5 Å². The van der Waals surface area contributed by atoms with Crippen molar-refractivity contribution in [2.45, 2.75) is 4.90 Å². The lowest BCUT2D eigenvalue weighted by molar-refractivity contribution is 0.102. The van der Waals surface area contributed by atoms with Crippen molar-refractivity contribution in [2.24, 2.45) is 0 Å². The van der Waals surface area contributed by atoms with Gasteiger partial charge in [-0.25, -0.2) is 8.42 Å². The van der Waals surface area contributed by atoms with Gasteiger partial charge in [-0.2, -0.15) is 9.57 Å². The fourth-order valence-corrected chi connectivity index (χ4v) is 4.31. The third kappa shape index (κ3) is 4.34. The first-order valence-corrected chi connectivity index (χ1v) is 9.94. The Kier molecular flexibility index (Phi) is 5.56. The smallest absolute Gasteiger partial charge is 0.255 e. The number of nitriles is 1. The third-order valence-electron chi connectivity index (χ3n) is 4.45. The van der Waals surface area contributed by atoms with Crippen molar-refractivity contribution in [2.75, 3.05) is 38.5 Å². The molecule has 0 unspecified atom stereocenters. The molecule has 27 heavy (non-hydrogen) atoms. The molecule has 2 aromatic carbocycles. The van der Waals surface area contributed by atoms with Gasteiger partial charge in [-0.3, -0.25) is 4.79 Å². The fraction of sp³-hybridized carbons (Fsp3) is 0.263. The van der Waals surface area contributed by atoms with Crippen LogP contribution in [-0.2, 0) is 10.0 Å². The molecular formula is C19H20N4O3S. The Hall–Kier alpha value is -2.73. The van der Waals surface area contributed by atoms with Crippen molar-refractivity contribution < 1.29 is 13.2 Å². The van der Waals surface area contributed by atoms with Gasteiger partial charge in [0.25, 0.3) is 5.91 Å². The van der Waals surface area contributed by atoms with Crippen LogP contribution in [0.25, 0.3) is 0 Å². The summed E-state index contributed by atoms with van der Waals surface area (Å²) in [5.41, 5.74) is 1.15. The summed E-state index contributed by atoms with van der Waals surface area (Å²) in [6.45, 7) is 2.20. The number of amides is 1. The van der Waals surface area contributed by atoms with Crippen molar-refractivity contribution in [3.05, 3.63) is 59.7 Å². The van der Waals surface area contributed by atoms with Crippen LogP contribution in [0.5, 0.6) is 0 Å². The van der Waals surface area contributed by atoms with Crippen LogP contribution < -0.4 is 5.32 Å². The number of nitrogens with one attached hydrogen (secondary N) is 1. The first-order chi connectivity index (χ1) is 12.9. The zero-order chi connectivity index (χ0) is 19.4. The zero-order valence-electron chi connectivity index (χ0n) is 14.9. The first-order valence-electron chi connectivity index (χ1n) is 8.50. The van der Waals surface area contributed by atoms with Crippen LogP contribution in [0, 0.1) is 11.3 Å². The first kappa shape index (κ1) is 19.0. The van der Waals surface area contributed by atoms with E-state index >= 15 is 0 Å². The number of hydrogen-bond acceptors (Lipinski definition) is 5. The number of rotatable bonds is 4. The third-order valence-corrected chi connectivity index (χ3v) is 6.34. The average molecular weight is 384 g/mol. The Bertz CT molecular complexity index is 990. The number of likely N-dealkylation sites (N-methyl/N-ethyl adjacent to an activating group) is 1. The van der Waals surface area contributed by atoms with E-state index in [0.29, 0.717) is 37.4 Å². The maximum absolute atomic E-state index is 12.9. The second kappa shape index (κ2) is 7.88. The summed E-state index contributed by atoms with van der Waals surface area (Å²) < 4.78 is 27.1. The van der Waals surface area contributed by atoms with E-state index in [0.717, 1.165) is 0 Å². The van der Waals surface area contributed by atoms with E-state index in [4.69, 9.17) is 5.26 Å². The Morgan fingerprint density at radius 1 is 1.07 bits per heavy atom. The fourth-order valence-electron chi connectivity index (χ4n) is 2.85. The highest BCUT2D eigenvalue weighted by molar-refractivity contribution is 7.89. The van der Waals surface area contributed by atoms with Crippen molar-refractivity contribution in [1.82, 2.24) is 9.21 Å². The number of benzene rings is 2. The highest BCUT2D eigenvalue weighted by Gasteiger charge is 2.27. The van der Waals surface area contributed by atoms with E-state index in [-0.39, 0.29) is 10.5 Å². The molecule has 0 atom stereocenters. The SMILES string of the molecule is CN1CCN(S(=O)(=O)c2cccc(C(=O)Nc3cccc(C#N)c3)c2)CC1. The Morgan fingerprint density at radius 3 is 2.48 bits per heavy atom. The molecular weight excluding hydrogens is 364 g/mol.